The minimum atomic E-state index is -0.503. The minimum Gasteiger partial charge on any atom is -0.468 e. The van der Waals surface area contributed by atoms with Crippen LogP contribution in [0, 0.1) is 13.8 Å². The highest BCUT2D eigenvalue weighted by Gasteiger charge is 2.30. The summed E-state index contributed by atoms with van der Waals surface area (Å²) in [5.74, 6) is 0.662. The number of hydrogen-bond acceptors (Lipinski definition) is 5. The average molecular weight is 240 g/mol. The maximum Gasteiger partial charge on any atom is 0.291 e. The molecule has 2 rings (SSSR count). The number of aliphatic hydroxyl groups is 1. The van der Waals surface area contributed by atoms with Crippen molar-refractivity contribution in [3.8, 4) is 5.95 Å². The Bertz CT molecular complexity index is 477. The molecule has 1 aliphatic heterocycles. The summed E-state index contributed by atoms with van der Waals surface area (Å²) >= 11 is 0. The number of aliphatic hydroxyl groups excluding tert-OH is 1. The fourth-order valence-electron chi connectivity index (χ4n) is 2.03. The molecule has 5 nitrogen and oxygen atoms in total. The van der Waals surface area contributed by atoms with Gasteiger partial charge >= 0.3 is 0 Å². The largest absolute Gasteiger partial charge is 0.468 e. The van der Waals surface area contributed by atoms with Crippen molar-refractivity contribution in [2.24, 2.45) is 0 Å². The predicted octanol–water partition coefficient (Wildman–Crippen LogP) is 1.09. The first-order chi connectivity index (χ1) is 8.04. The Labute approximate surface area is 99.0 Å². The van der Waals surface area contributed by atoms with Crippen LogP contribution in [0.5, 0.6) is 5.95 Å². The lowest BCUT2D eigenvalue weighted by molar-refractivity contribution is 0.0723. The molecule has 0 saturated carbocycles. The third-order valence-corrected chi connectivity index (χ3v) is 3.01. The van der Waals surface area contributed by atoms with Gasteiger partial charge in [-0.25, -0.2) is 0 Å². The van der Waals surface area contributed by atoms with Crippen molar-refractivity contribution in [2.75, 3.05) is 13.7 Å². The first-order valence-electron chi connectivity index (χ1n) is 5.52. The summed E-state index contributed by atoms with van der Waals surface area (Å²) in [6.07, 6.45) is -0.431. The van der Waals surface area contributed by atoms with Crippen LogP contribution in [0.15, 0.2) is 9.21 Å². The maximum atomic E-state index is 11.9. The van der Waals surface area contributed by atoms with Gasteiger partial charge in [-0.1, -0.05) is 0 Å². The van der Waals surface area contributed by atoms with Gasteiger partial charge in [0.05, 0.1) is 25.4 Å². The zero-order valence-electron chi connectivity index (χ0n) is 10.1. The van der Waals surface area contributed by atoms with Crippen LogP contribution in [0.25, 0.3) is 0 Å². The van der Waals surface area contributed by atoms with E-state index in [1.807, 2.05) is 0 Å². The highest BCUT2D eigenvalue weighted by atomic mass is 16.6. The van der Waals surface area contributed by atoms with Gasteiger partial charge in [0.25, 0.3) is 5.95 Å². The molecule has 1 unspecified atom stereocenters. The molecule has 0 spiro atoms. The van der Waals surface area contributed by atoms with E-state index in [1.165, 1.54) is 7.11 Å². The van der Waals surface area contributed by atoms with E-state index in [2.05, 4.69) is 0 Å². The maximum absolute atomic E-state index is 11.9. The monoisotopic (exact) mass is 240 g/mol. The summed E-state index contributed by atoms with van der Waals surface area (Å²) < 4.78 is 16.0. The summed E-state index contributed by atoms with van der Waals surface area (Å²) in [4.78, 5) is 11.9. The van der Waals surface area contributed by atoms with Crippen molar-refractivity contribution in [1.82, 2.24) is 0 Å². The van der Waals surface area contributed by atoms with E-state index in [9.17, 15) is 9.90 Å². The summed E-state index contributed by atoms with van der Waals surface area (Å²) in [6.45, 7) is 3.62. The third kappa shape index (κ3) is 2.08. The number of ether oxygens (including phenoxy) is 2. The van der Waals surface area contributed by atoms with Gasteiger partial charge < -0.3 is 19.0 Å². The van der Waals surface area contributed by atoms with Gasteiger partial charge in [0.2, 0.25) is 0 Å². The van der Waals surface area contributed by atoms with E-state index in [0.717, 1.165) is 0 Å². The van der Waals surface area contributed by atoms with Gasteiger partial charge in [-0.2, -0.15) is 0 Å². The van der Waals surface area contributed by atoms with Gasteiger partial charge in [-0.3, -0.25) is 4.79 Å². The lowest BCUT2D eigenvalue weighted by atomic mass is 10.1. The van der Waals surface area contributed by atoms with Crippen LogP contribution in [0.1, 0.15) is 29.4 Å². The average Bonchev–Trinajstić information content (AvgIpc) is 2.73. The molecule has 0 amide bonds. The van der Waals surface area contributed by atoms with Gasteiger partial charge in [0.15, 0.2) is 5.43 Å². The van der Waals surface area contributed by atoms with Crippen molar-refractivity contribution in [1.29, 1.82) is 0 Å². The van der Waals surface area contributed by atoms with Crippen LogP contribution < -0.4 is 10.2 Å². The van der Waals surface area contributed by atoms with Gasteiger partial charge in [-0.15, -0.1) is 0 Å². The van der Waals surface area contributed by atoms with E-state index < -0.39 is 6.10 Å². The van der Waals surface area contributed by atoms with Crippen LogP contribution in [0.2, 0.25) is 0 Å². The van der Waals surface area contributed by atoms with Crippen molar-refractivity contribution in [2.45, 2.75) is 32.5 Å². The second kappa shape index (κ2) is 4.50. The fourth-order valence-corrected chi connectivity index (χ4v) is 2.03. The molecular weight excluding hydrogens is 224 g/mol. The molecule has 2 atom stereocenters. The SMILES string of the molecule is COc1oc([C@H]2CC(O)CO2)c(C)c(=O)c1C. The second-order valence-corrected chi connectivity index (χ2v) is 4.25. The number of methoxy groups -OCH3 is 1. The smallest absolute Gasteiger partial charge is 0.291 e. The molecule has 1 saturated heterocycles. The first kappa shape index (κ1) is 12.1. The molecule has 0 radical (unpaired) electrons. The topological polar surface area (TPSA) is 68.9 Å². The van der Waals surface area contributed by atoms with Crippen LogP contribution in [0.4, 0.5) is 0 Å². The van der Waals surface area contributed by atoms with Gasteiger partial charge in [0, 0.05) is 12.0 Å². The second-order valence-electron chi connectivity index (χ2n) is 4.25. The van der Waals surface area contributed by atoms with Crippen molar-refractivity contribution in [3.05, 3.63) is 27.1 Å². The zero-order chi connectivity index (χ0) is 12.6. The highest BCUT2D eigenvalue weighted by molar-refractivity contribution is 5.30. The molecule has 1 aliphatic rings. The molecule has 5 heteroatoms. The normalized spacial score (nSPS) is 24.0. The molecule has 1 aromatic heterocycles. The Kier molecular flexibility index (Phi) is 3.22. The quantitative estimate of drug-likeness (QED) is 0.838. The highest BCUT2D eigenvalue weighted by Crippen LogP contribution is 2.32. The molecule has 1 fully saturated rings. The molecule has 0 aromatic carbocycles. The van der Waals surface area contributed by atoms with Crippen LogP contribution >= 0.6 is 0 Å². The van der Waals surface area contributed by atoms with E-state index in [0.29, 0.717) is 23.3 Å². The lowest BCUT2D eigenvalue weighted by Crippen LogP contribution is -2.15. The molecule has 1 N–H and O–H groups in total. The Morgan fingerprint density at radius 3 is 2.59 bits per heavy atom. The molecule has 2 heterocycles. The van der Waals surface area contributed by atoms with Gasteiger partial charge in [-0.05, 0) is 13.8 Å². The molecule has 1 aromatic rings. The molecule has 0 aliphatic carbocycles. The summed E-state index contributed by atoms with van der Waals surface area (Å²) in [6, 6.07) is 0. The predicted molar refractivity (Wildman–Crippen MR) is 60.3 cm³/mol. The Morgan fingerprint density at radius 1 is 1.35 bits per heavy atom. The minimum absolute atomic E-state index is 0.104. The molecule has 17 heavy (non-hydrogen) atoms. The van der Waals surface area contributed by atoms with E-state index in [4.69, 9.17) is 13.9 Å². The summed E-state index contributed by atoms with van der Waals surface area (Å²) in [7, 11) is 1.45. The van der Waals surface area contributed by atoms with E-state index >= 15 is 0 Å². The first-order valence-corrected chi connectivity index (χ1v) is 5.52. The lowest BCUT2D eigenvalue weighted by Gasteiger charge is -2.13. The van der Waals surface area contributed by atoms with E-state index in [-0.39, 0.29) is 24.1 Å². The van der Waals surface area contributed by atoms with Crippen LogP contribution in [-0.2, 0) is 4.74 Å². The third-order valence-electron chi connectivity index (χ3n) is 3.01. The van der Waals surface area contributed by atoms with Crippen molar-refractivity contribution >= 4 is 0 Å². The standard InChI is InChI=1S/C12H16O5/c1-6-10(14)7(2)12(15-3)17-11(6)9-4-8(13)5-16-9/h8-9,13H,4-5H2,1-3H3/t8?,9-/m1/s1. The number of hydrogen-bond donors (Lipinski definition) is 1. The van der Waals surface area contributed by atoms with Crippen LogP contribution in [-0.4, -0.2) is 24.9 Å². The summed E-state index contributed by atoms with van der Waals surface area (Å²) in [5, 5.41) is 9.43. The van der Waals surface area contributed by atoms with Gasteiger partial charge in [0.1, 0.15) is 11.9 Å². The van der Waals surface area contributed by atoms with Crippen molar-refractivity contribution < 1.29 is 19.0 Å². The Hall–Kier alpha value is -1.33. The Balaban J connectivity index is 2.47. The van der Waals surface area contributed by atoms with Crippen LogP contribution in [0.3, 0.4) is 0 Å². The number of rotatable bonds is 2. The molecular formula is C12H16O5. The zero-order valence-corrected chi connectivity index (χ0v) is 10.1. The summed E-state index contributed by atoms with van der Waals surface area (Å²) in [5.41, 5.74) is 0.864. The Morgan fingerprint density at radius 2 is 2.06 bits per heavy atom. The van der Waals surface area contributed by atoms with Crippen molar-refractivity contribution in [3.63, 3.8) is 0 Å². The molecule has 0 bridgehead atoms. The molecule has 94 valence electrons. The van der Waals surface area contributed by atoms with E-state index in [1.54, 1.807) is 13.8 Å². The fraction of sp³-hybridized carbons (Fsp3) is 0.583.